The summed E-state index contributed by atoms with van der Waals surface area (Å²) in [6, 6.07) is 22.9. The zero-order valence-corrected chi connectivity index (χ0v) is 18.3. The van der Waals surface area contributed by atoms with Gasteiger partial charge in [-0.05, 0) is 42.5 Å². The summed E-state index contributed by atoms with van der Waals surface area (Å²) in [5, 5.41) is 6.67. The SMILES string of the molecule is O=C(CNC(=O)c1sc2ccccc2c1Cl)Nc1ccc(-n2cnc3ccccc32)cc1. The highest BCUT2D eigenvalue weighted by Crippen LogP contribution is 2.34. The number of fused-ring (bicyclic) bond motifs is 2. The van der Waals surface area contributed by atoms with Gasteiger partial charge in [-0.2, -0.15) is 0 Å². The highest BCUT2D eigenvalue weighted by molar-refractivity contribution is 7.21. The molecule has 0 radical (unpaired) electrons. The zero-order chi connectivity index (χ0) is 22.1. The molecule has 6 nitrogen and oxygen atoms in total. The fourth-order valence-corrected chi connectivity index (χ4v) is 4.91. The van der Waals surface area contributed by atoms with Crippen molar-refractivity contribution in [2.45, 2.75) is 0 Å². The van der Waals surface area contributed by atoms with Crippen LogP contribution in [-0.2, 0) is 4.79 Å². The summed E-state index contributed by atoms with van der Waals surface area (Å²) in [6.07, 6.45) is 1.77. The van der Waals surface area contributed by atoms with E-state index in [1.807, 2.05) is 77.4 Å². The number of halogens is 1. The maximum atomic E-state index is 12.5. The number of hydrogen-bond donors (Lipinski definition) is 2. The molecule has 2 heterocycles. The van der Waals surface area contributed by atoms with Crippen molar-refractivity contribution in [3.63, 3.8) is 0 Å². The number of carbonyl (C=O) groups excluding carboxylic acids is 2. The van der Waals surface area contributed by atoms with E-state index in [1.54, 1.807) is 6.33 Å². The van der Waals surface area contributed by atoms with E-state index < -0.39 is 0 Å². The molecule has 158 valence electrons. The first-order valence-corrected chi connectivity index (χ1v) is 11.1. The van der Waals surface area contributed by atoms with E-state index in [0.717, 1.165) is 26.8 Å². The number of thiophene rings is 1. The number of para-hydroxylation sites is 2. The molecule has 0 atom stereocenters. The number of imidazole rings is 1. The molecule has 0 bridgehead atoms. The number of amides is 2. The molecule has 5 rings (SSSR count). The van der Waals surface area contributed by atoms with Gasteiger partial charge in [-0.25, -0.2) is 4.98 Å². The first kappa shape index (κ1) is 20.2. The number of rotatable bonds is 5. The smallest absolute Gasteiger partial charge is 0.263 e. The first-order chi connectivity index (χ1) is 15.6. The van der Waals surface area contributed by atoms with Crippen LogP contribution >= 0.6 is 22.9 Å². The van der Waals surface area contributed by atoms with Crippen LogP contribution in [0.25, 0.3) is 26.8 Å². The molecule has 0 saturated carbocycles. The number of hydrogen-bond acceptors (Lipinski definition) is 4. The van der Waals surface area contributed by atoms with Gasteiger partial charge >= 0.3 is 0 Å². The van der Waals surface area contributed by atoms with Gasteiger partial charge in [0.15, 0.2) is 0 Å². The quantitative estimate of drug-likeness (QED) is 0.375. The molecule has 2 N–H and O–H groups in total. The van der Waals surface area contributed by atoms with E-state index in [9.17, 15) is 9.59 Å². The summed E-state index contributed by atoms with van der Waals surface area (Å²) in [7, 11) is 0. The Balaban J connectivity index is 1.22. The molecule has 0 fully saturated rings. The Hall–Kier alpha value is -3.68. The molecule has 0 aliphatic heterocycles. The summed E-state index contributed by atoms with van der Waals surface area (Å²) in [5.41, 5.74) is 3.49. The minimum absolute atomic E-state index is 0.155. The Morgan fingerprint density at radius 1 is 0.969 bits per heavy atom. The second kappa shape index (κ2) is 8.45. The summed E-state index contributed by atoms with van der Waals surface area (Å²) in [4.78, 5) is 29.6. The predicted molar refractivity (Wildman–Crippen MR) is 129 cm³/mol. The van der Waals surface area contributed by atoms with Gasteiger partial charge < -0.3 is 10.6 Å². The van der Waals surface area contributed by atoms with Crippen molar-refractivity contribution in [2.75, 3.05) is 11.9 Å². The van der Waals surface area contributed by atoms with Gasteiger partial charge in [0.2, 0.25) is 5.91 Å². The van der Waals surface area contributed by atoms with Gasteiger partial charge in [-0.1, -0.05) is 41.9 Å². The van der Waals surface area contributed by atoms with Crippen molar-refractivity contribution in [3.05, 3.63) is 89.0 Å². The lowest BCUT2D eigenvalue weighted by atomic mass is 10.2. The van der Waals surface area contributed by atoms with Crippen LogP contribution in [0.1, 0.15) is 9.67 Å². The normalized spacial score (nSPS) is 11.0. The third-order valence-corrected chi connectivity index (χ3v) is 6.71. The Morgan fingerprint density at radius 3 is 2.53 bits per heavy atom. The van der Waals surface area contributed by atoms with E-state index >= 15 is 0 Å². The molecule has 0 aliphatic rings. The van der Waals surface area contributed by atoms with Gasteiger partial charge in [0.1, 0.15) is 11.2 Å². The average molecular weight is 461 g/mol. The highest BCUT2D eigenvalue weighted by Gasteiger charge is 2.17. The molecule has 0 spiro atoms. The summed E-state index contributed by atoms with van der Waals surface area (Å²) in [6.45, 7) is -0.155. The first-order valence-electron chi connectivity index (χ1n) is 9.88. The maximum absolute atomic E-state index is 12.5. The molecular formula is C24H17ClN4O2S. The Labute approximate surface area is 192 Å². The van der Waals surface area contributed by atoms with Gasteiger partial charge in [0.25, 0.3) is 5.91 Å². The third kappa shape index (κ3) is 3.84. The van der Waals surface area contributed by atoms with Crippen LogP contribution in [0.5, 0.6) is 0 Å². The molecule has 0 saturated heterocycles. The molecule has 2 aromatic heterocycles. The lowest BCUT2D eigenvalue weighted by molar-refractivity contribution is -0.115. The fraction of sp³-hybridized carbons (Fsp3) is 0.0417. The molecule has 2 amide bonds. The van der Waals surface area contributed by atoms with Crippen LogP contribution in [0.2, 0.25) is 5.02 Å². The Morgan fingerprint density at radius 2 is 1.72 bits per heavy atom. The number of benzene rings is 3. The minimum Gasteiger partial charge on any atom is -0.342 e. The number of aromatic nitrogens is 2. The van der Waals surface area contributed by atoms with E-state index in [0.29, 0.717) is 15.6 Å². The molecule has 32 heavy (non-hydrogen) atoms. The van der Waals surface area contributed by atoms with Crippen LogP contribution in [0.4, 0.5) is 5.69 Å². The van der Waals surface area contributed by atoms with Crippen molar-refractivity contribution in [1.82, 2.24) is 14.9 Å². The lowest BCUT2D eigenvalue weighted by Gasteiger charge is -2.09. The predicted octanol–water partition coefficient (Wildman–Crippen LogP) is 5.26. The monoisotopic (exact) mass is 460 g/mol. The second-order valence-corrected chi connectivity index (χ2v) is 8.55. The van der Waals surface area contributed by atoms with Crippen LogP contribution in [-0.4, -0.2) is 27.9 Å². The fourth-order valence-electron chi connectivity index (χ4n) is 3.48. The van der Waals surface area contributed by atoms with Gasteiger partial charge in [-0.3, -0.25) is 14.2 Å². The number of nitrogens with one attached hydrogen (secondary N) is 2. The molecule has 0 aliphatic carbocycles. The van der Waals surface area contributed by atoms with Crippen LogP contribution in [0.15, 0.2) is 79.1 Å². The largest absolute Gasteiger partial charge is 0.342 e. The van der Waals surface area contributed by atoms with Crippen molar-refractivity contribution >= 4 is 61.6 Å². The van der Waals surface area contributed by atoms with E-state index in [4.69, 9.17) is 11.6 Å². The lowest BCUT2D eigenvalue weighted by Crippen LogP contribution is -2.32. The molecule has 3 aromatic carbocycles. The van der Waals surface area contributed by atoms with E-state index in [1.165, 1.54) is 11.3 Å². The van der Waals surface area contributed by atoms with Crippen LogP contribution in [0, 0.1) is 0 Å². The average Bonchev–Trinajstić information content (AvgIpc) is 3.40. The third-order valence-electron chi connectivity index (χ3n) is 5.03. The maximum Gasteiger partial charge on any atom is 0.263 e. The summed E-state index contributed by atoms with van der Waals surface area (Å²) < 4.78 is 2.91. The summed E-state index contributed by atoms with van der Waals surface area (Å²) >= 11 is 7.64. The zero-order valence-electron chi connectivity index (χ0n) is 16.7. The van der Waals surface area contributed by atoms with Crippen LogP contribution in [0.3, 0.4) is 0 Å². The molecular weight excluding hydrogens is 444 g/mol. The number of nitrogens with zero attached hydrogens (tertiary/aromatic N) is 2. The van der Waals surface area contributed by atoms with Gasteiger partial charge in [-0.15, -0.1) is 11.3 Å². The Kier molecular flexibility index (Phi) is 5.34. The number of carbonyl (C=O) groups is 2. The van der Waals surface area contributed by atoms with Crippen LogP contribution < -0.4 is 10.6 Å². The van der Waals surface area contributed by atoms with Crippen molar-refractivity contribution < 1.29 is 9.59 Å². The Bertz CT molecular complexity index is 1460. The van der Waals surface area contributed by atoms with Crippen molar-refractivity contribution in [2.24, 2.45) is 0 Å². The van der Waals surface area contributed by atoms with E-state index in [-0.39, 0.29) is 18.4 Å². The minimum atomic E-state index is -0.367. The highest BCUT2D eigenvalue weighted by atomic mass is 35.5. The molecule has 8 heteroatoms. The number of anilines is 1. The van der Waals surface area contributed by atoms with Gasteiger partial charge in [0.05, 0.1) is 22.6 Å². The molecule has 5 aromatic rings. The molecule has 0 unspecified atom stereocenters. The van der Waals surface area contributed by atoms with E-state index in [2.05, 4.69) is 15.6 Å². The van der Waals surface area contributed by atoms with Crippen molar-refractivity contribution in [1.29, 1.82) is 0 Å². The summed E-state index contributed by atoms with van der Waals surface area (Å²) in [5.74, 6) is -0.690. The second-order valence-electron chi connectivity index (χ2n) is 7.12. The van der Waals surface area contributed by atoms with Crippen molar-refractivity contribution in [3.8, 4) is 5.69 Å². The van der Waals surface area contributed by atoms with Gasteiger partial charge in [0, 0.05) is 21.5 Å². The standard InChI is InChI=1S/C24H17ClN4O2S/c25-22-17-5-1-4-8-20(17)32-23(22)24(31)26-13-21(30)28-15-9-11-16(12-10-15)29-14-27-18-6-2-3-7-19(18)29/h1-12,14H,13H2,(H,26,31)(H,28,30). The topological polar surface area (TPSA) is 76.0 Å².